The molecule has 0 unspecified atom stereocenters. The quantitative estimate of drug-likeness (QED) is 0.227. The largest absolute Gasteiger partial charge is 0.394 e. The monoisotopic (exact) mass is 322 g/mol. The van der Waals surface area contributed by atoms with Gasteiger partial charge in [-0.25, -0.2) is 0 Å². The molecule has 1 aromatic rings. The van der Waals surface area contributed by atoms with E-state index >= 15 is 0 Å². The molecule has 21 heavy (non-hydrogen) atoms. The molecule has 0 spiro atoms. The van der Waals surface area contributed by atoms with Crippen molar-refractivity contribution in [2.45, 2.75) is 11.8 Å². The molecule has 10 heteroatoms. The van der Waals surface area contributed by atoms with Crippen LogP contribution in [-0.4, -0.2) is 49.6 Å². The van der Waals surface area contributed by atoms with E-state index in [1.165, 1.54) is 12.1 Å². The highest BCUT2D eigenvalue weighted by atomic mass is 32.2. The molecule has 0 fully saturated rings. The molecule has 0 atom stereocenters. The first-order valence-electron chi connectivity index (χ1n) is 5.70. The lowest BCUT2D eigenvalue weighted by Gasteiger charge is -1.95. The predicted octanol–water partition coefficient (Wildman–Crippen LogP) is 0.345. The summed E-state index contributed by atoms with van der Waals surface area (Å²) in [6.07, 6.45) is 0. The average molecular weight is 322 g/mol. The topological polar surface area (TPSA) is 166 Å². The third-order valence-electron chi connectivity index (χ3n) is 1.79. The van der Waals surface area contributed by atoms with Crippen molar-refractivity contribution in [2.75, 3.05) is 26.4 Å². The summed E-state index contributed by atoms with van der Waals surface area (Å²) in [6, 6.07) is 5.99. The fourth-order valence-corrected chi connectivity index (χ4v) is 1.42. The standard InChI is InChI=1S/C7H8O3S.C4H10O3.H2N3/c1-6-2-4-7(5-3-6)11(8,9)10;5-1-3-7-4-2-6;1-3-2/h2-5H,1H3,(H,8,9,10);5-6H,1-4H2;1-2H/q;;+1. The Morgan fingerprint density at radius 2 is 1.48 bits per heavy atom. The van der Waals surface area contributed by atoms with Crippen LogP contribution < -0.4 is 4.91 Å². The van der Waals surface area contributed by atoms with Crippen LogP contribution in [0.5, 0.6) is 0 Å². The molecule has 0 radical (unpaired) electrons. The van der Waals surface area contributed by atoms with Crippen LogP contribution in [0.25, 0.3) is 0 Å². The number of rotatable bonds is 5. The van der Waals surface area contributed by atoms with E-state index < -0.39 is 10.1 Å². The average Bonchev–Trinajstić information content (AvgIpc) is 2.40. The lowest BCUT2D eigenvalue weighted by Crippen LogP contribution is -2.03. The van der Waals surface area contributed by atoms with Crippen molar-refractivity contribution in [3.05, 3.63) is 29.8 Å². The summed E-state index contributed by atoms with van der Waals surface area (Å²) >= 11 is 0. The number of aliphatic hydroxyl groups excluding tert-OH is 2. The minimum absolute atomic E-state index is 0.0278. The molecule has 0 aliphatic carbocycles. The van der Waals surface area contributed by atoms with Gasteiger partial charge in [-0.1, -0.05) is 17.7 Å². The van der Waals surface area contributed by atoms with Gasteiger partial charge < -0.3 is 14.9 Å². The van der Waals surface area contributed by atoms with Gasteiger partial charge in [0, 0.05) is 0 Å². The molecule has 0 saturated heterocycles. The highest BCUT2D eigenvalue weighted by Gasteiger charge is 2.06. The molecular weight excluding hydrogens is 302 g/mol. The zero-order valence-corrected chi connectivity index (χ0v) is 12.4. The maximum atomic E-state index is 10.5. The Balaban J connectivity index is 0. The van der Waals surface area contributed by atoms with Crippen LogP contribution in [0.2, 0.25) is 0 Å². The van der Waals surface area contributed by atoms with Crippen LogP contribution in [0.15, 0.2) is 29.2 Å². The number of benzene rings is 1. The van der Waals surface area contributed by atoms with Crippen molar-refractivity contribution in [2.24, 2.45) is 0 Å². The van der Waals surface area contributed by atoms with Gasteiger partial charge in [-0.2, -0.15) is 8.42 Å². The van der Waals surface area contributed by atoms with Crippen molar-refractivity contribution in [3.8, 4) is 0 Å². The summed E-state index contributed by atoms with van der Waals surface area (Å²) in [4.78, 5) is 1.93. The van der Waals surface area contributed by atoms with E-state index in [1.54, 1.807) is 12.1 Å². The van der Waals surface area contributed by atoms with Gasteiger partial charge in [0.1, 0.15) is 11.1 Å². The van der Waals surface area contributed by atoms with Gasteiger partial charge >= 0.3 is 0 Å². The Kier molecular flexibility index (Phi) is 13.7. The van der Waals surface area contributed by atoms with Crippen LogP contribution >= 0.6 is 0 Å². The third-order valence-corrected chi connectivity index (χ3v) is 2.66. The van der Waals surface area contributed by atoms with Gasteiger partial charge in [0.25, 0.3) is 10.1 Å². The number of aryl methyl sites for hydroxylation is 1. The molecule has 0 aromatic heterocycles. The third kappa shape index (κ3) is 14.5. The van der Waals surface area contributed by atoms with E-state index in [9.17, 15) is 8.42 Å². The minimum Gasteiger partial charge on any atom is -0.394 e. The smallest absolute Gasteiger partial charge is 0.294 e. The van der Waals surface area contributed by atoms with Gasteiger partial charge in [-0.15, -0.1) is 0 Å². The Hall–Kier alpha value is -1.68. The molecule has 9 nitrogen and oxygen atoms in total. The zero-order chi connectivity index (χ0) is 16.7. The second kappa shape index (κ2) is 13.3. The van der Waals surface area contributed by atoms with Crippen LogP contribution in [0.4, 0.5) is 0 Å². The SMILES string of the molecule is Cc1ccc(S(=O)(=O)O)cc1.N=[N+]=N.OCCOCCO. The molecule has 0 amide bonds. The molecule has 120 valence electrons. The number of nitrogens with one attached hydrogen (secondary N) is 2. The second-order valence-corrected chi connectivity index (χ2v) is 4.88. The fourth-order valence-electron chi connectivity index (χ4n) is 0.941. The molecule has 1 aromatic carbocycles. The van der Waals surface area contributed by atoms with Gasteiger partial charge in [0.2, 0.25) is 4.91 Å². The van der Waals surface area contributed by atoms with Crippen LogP contribution in [0.3, 0.4) is 0 Å². The highest BCUT2D eigenvalue weighted by Crippen LogP contribution is 2.08. The van der Waals surface area contributed by atoms with Crippen LogP contribution in [0, 0.1) is 18.0 Å². The summed E-state index contributed by atoms with van der Waals surface area (Å²) in [7, 11) is -4.02. The normalized spacial score (nSPS) is 9.52. The molecule has 1 rings (SSSR count). The Morgan fingerprint density at radius 3 is 1.76 bits per heavy atom. The van der Waals surface area contributed by atoms with Gasteiger partial charge in [0.05, 0.1) is 31.3 Å². The maximum Gasteiger partial charge on any atom is 0.294 e. The van der Waals surface area contributed by atoms with E-state index in [2.05, 4.69) is 4.74 Å². The summed E-state index contributed by atoms with van der Waals surface area (Å²) in [5.74, 6) is 0. The van der Waals surface area contributed by atoms with Crippen molar-refractivity contribution < 1.29 is 27.9 Å². The number of hydrogen-bond acceptors (Lipinski definition) is 7. The minimum atomic E-state index is -4.02. The number of aliphatic hydroxyl groups is 2. The van der Waals surface area contributed by atoms with Crippen LogP contribution in [-0.2, 0) is 14.9 Å². The summed E-state index contributed by atoms with van der Waals surface area (Å²) in [5, 5.41) is 16.2. The summed E-state index contributed by atoms with van der Waals surface area (Å²) in [5.41, 5.74) is 12.0. The molecule has 5 N–H and O–H groups in total. The number of ether oxygens (including phenoxy) is 1. The molecule has 0 bridgehead atoms. The van der Waals surface area contributed by atoms with E-state index in [4.69, 9.17) is 25.8 Å². The maximum absolute atomic E-state index is 10.5. The lowest BCUT2D eigenvalue weighted by atomic mass is 10.2. The number of nitrogens with zero attached hydrogens (tertiary/aromatic N) is 1. The molecule has 0 heterocycles. The van der Waals surface area contributed by atoms with Gasteiger partial charge in [0.15, 0.2) is 0 Å². The van der Waals surface area contributed by atoms with Crippen LogP contribution in [0.1, 0.15) is 5.56 Å². The summed E-state index contributed by atoms with van der Waals surface area (Å²) < 4.78 is 34.2. The molecule has 0 aliphatic heterocycles. The predicted molar refractivity (Wildman–Crippen MR) is 73.6 cm³/mol. The first-order valence-corrected chi connectivity index (χ1v) is 7.14. The van der Waals surface area contributed by atoms with Crippen molar-refractivity contribution in [1.82, 2.24) is 4.91 Å². The van der Waals surface area contributed by atoms with Gasteiger partial charge in [-0.05, 0) is 19.1 Å². The second-order valence-electron chi connectivity index (χ2n) is 3.46. The Bertz CT molecular complexity index is 493. The van der Waals surface area contributed by atoms with Crippen molar-refractivity contribution in [1.29, 1.82) is 11.1 Å². The van der Waals surface area contributed by atoms with Crippen molar-refractivity contribution in [3.63, 3.8) is 0 Å². The van der Waals surface area contributed by atoms with E-state index in [-0.39, 0.29) is 18.1 Å². The van der Waals surface area contributed by atoms with E-state index in [1.807, 2.05) is 11.8 Å². The van der Waals surface area contributed by atoms with Crippen molar-refractivity contribution >= 4 is 10.1 Å². The molecule has 0 saturated carbocycles. The Labute approximate surface area is 123 Å². The van der Waals surface area contributed by atoms with Gasteiger partial charge in [-0.3, -0.25) is 4.55 Å². The molecular formula is C11H20N3O6S+. The van der Waals surface area contributed by atoms with E-state index in [0.717, 1.165) is 5.56 Å². The summed E-state index contributed by atoms with van der Waals surface area (Å²) in [6.45, 7) is 2.54. The highest BCUT2D eigenvalue weighted by molar-refractivity contribution is 7.85. The Morgan fingerprint density at radius 1 is 1.10 bits per heavy atom. The lowest BCUT2D eigenvalue weighted by molar-refractivity contribution is 0.0650. The van der Waals surface area contributed by atoms with E-state index in [0.29, 0.717) is 13.2 Å². The molecule has 0 aliphatic rings. The first kappa shape index (κ1) is 21.6. The first-order chi connectivity index (χ1) is 9.83. The fraction of sp³-hybridized carbons (Fsp3) is 0.455. The zero-order valence-electron chi connectivity index (χ0n) is 11.6. The number of hydrogen-bond donors (Lipinski definition) is 5.